The molecule has 0 aliphatic carbocycles. The van der Waals surface area contributed by atoms with Crippen molar-refractivity contribution in [2.24, 2.45) is 0 Å². The number of furan rings is 1. The molecule has 8 heteroatoms. The van der Waals surface area contributed by atoms with Crippen molar-refractivity contribution in [3.63, 3.8) is 0 Å². The fraction of sp³-hybridized carbons (Fsp3) is 0.318. The van der Waals surface area contributed by atoms with Gasteiger partial charge >= 0.3 is 0 Å². The Morgan fingerprint density at radius 1 is 1.13 bits per heavy atom. The van der Waals surface area contributed by atoms with Gasteiger partial charge in [0.2, 0.25) is 11.8 Å². The molecule has 0 spiro atoms. The maximum Gasteiger partial charge on any atom is 0.250 e. The first-order valence-corrected chi connectivity index (χ1v) is 10.4. The van der Waals surface area contributed by atoms with Crippen molar-refractivity contribution in [1.82, 2.24) is 10.2 Å². The molecule has 2 amide bonds. The number of nitrogens with one attached hydrogen (secondary N) is 2. The van der Waals surface area contributed by atoms with Crippen LogP contribution in [0.2, 0.25) is 0 Å². The monoisotopic (exact) mass is 426 g/mol. The highest BCUT2D eigenvalue weighted by atomic mass is 32.1. The van der Waals surface area contributed by atoms with Gasteiger partial charge in [0.25, 0.3) is 0 Å². The first-order chi connectivity index (χ1) is 14.5. The lowest BCUT2D eigenvalue weighted by molar-refractivity contribution is -0.131. The van der Waals surface area contributed by atoms with Gasteiger partial charge in [-0.2, -0.15) is 0 Å². The molecule has 158 valence electrons. The molecule has 1 aliphatic rings. The van der Waals surface area contributed by atoms with Gasteiger partial charge in [-0.1, -0.05) is 6.92 Å². The minimum Gasteiger partial charge on any atom is -0.465 e. The Morgan fingerprint density at radius 3 is 2.50 bits per heavy atom. The standard InChI is InChI=1S/C22H26N4O3S/c1-2-4-21(28)26-14-12-25(13-15-26)18-8-6-17(7-9-18)23-22(30)24-20(27)11-10-19-5-3-16-29-19/h3,5-11,16H,2,4,12-15H2,1H3,(H2,23,24,27,30)/b11-10+. The first kappa shape index (κ1) is 21.6. The van der Waals surface area contributed by atoms with Crippen LogP contribution in [0, 0.1) is 0 Å². The Kier molecular flexibility index (Phi) is 7.62. The van der Waals surface area contributed by atoms with E-state index in [0.717, 1.165) is 44.0 Å². The number of anilines is 2. The van der Waals surface area contributed by atoms with Crippen LogP contribution < -0.4 is 15.5 Å². The van der Waals surface area contributed by atoms with Gasteiger partial charge < -0.3 is 19.5 Å². The number of carbonyl (C=O) groups is 2. The fourth-order valence-electron chi connectivity index (χ4n) is 3.20. The van der Waals surface area contributed by atoms with Crippen molar-refractivity contribution < 1.29 is 14.0 Å². The number of hydrogen-bond donors (Lipinski definition) is 2. The third-order valence-corrected chi connectivity index (χ3v) is 4.97. The summed E-state index contributed by atoms with van der Waals surface area (Å²) in [5.74, 6) is 0.498. The molecule has 1 aliphatic heterocycles. The lowest BCUT2D eigenvalue weighted by Gasteiger charge is -2.36. The molecular weight excluding hydrogens is 400 g/mol. The van der Waals surface area contributed by atoms with E-state index >= 15 is 0 Å². The predicted octanol–water partition coefficient (Wildman–Crippen LogP) is 3.25. The van der Waals surface area contributed by atoms with Crippen molar-refractivity contribution >= 4 is 46.6 Å². The Bertz CT molecular complexity index is 886. The molecule has 0 saturated carbocycles. The third-order valence-electron chi connectivity index (χ3n) is 4.77. The summed E-state index contributed by atoms with van der Waals surface area (Å²) in [6.07, 6.45) is 5.98. The molecule has 0 unspecified atom stereocenters. The number of amides is 2. The van der Waals surface area contributed by atoms with E-state index in [1.165, 1.54) is 6.08 Å². The maximum absolute atomic E-state index is 12.0. The van der Waals surface area contributed by atoms with Gasteiger partial charge in [-0.15, -0.1) is 0 Å². The summed E-state index contributed by atoms with van der Waals surface area (Å²) in [6.45, 7) is 5.16. The molecule has 3 rings (SSSR count). The van der Waals surface area contributed by atoms with Crippen LogP contribution in [0.3, 0.4) is 0 Å². The van der Waals surface area contributed by atoms with Crippen LogP contribution >= 0.6 is 12.2 Å². The second-order valence-electron chi connectivity index (χ2n) is 6.96. The molecule has 7 nitrogen and oxygen atoms in total. The molecule has 1 fully saturated rings. The number of nitrogens with zero attached hydrogens (tertiary/aromatic N) is 2. The van der Waals surface area contributed by atoms with Gasteiger partial charge in [-0.25, -0.2) is 0 Å². The highest BCUT2D eigenvalue weighted by molar-refractivity contribution is 7.80. The van der Waals surface area contributed by atoms with Gasteiger partial charge in [-0.3, -0.25) is 14.9 Å². The molecule has 0 bridgehead atoms. The number of thiocarbonyl (C=S) groups is 1. The second-order valence-corrected chi connectivity index (χ2v) is 7.37. The van der Waals surface area contributed by atoms with Crippen LogP contribution in [-0.2, 0) is 9.59 Å². The predicted molar refractivity (Wildman–Crippen MR) is 122 cm³/mol. The Balaban J connectivity index is 1.46. The summed E-state index contributed by atoms with van der Waals surface area (Å²) >= 11 is 5.20. The summed E-state index contributed by atoms with van der Waals surface area (Å²) in [7, 11) is 0. The average Bonchev–Trinajstić information content (AvgIpc) is 3.27. The maximum atomic E-state index is 12.0. The molecule has 0 radical (unpaired) electrons. The highest BCUT2D eigenvalue weighted by Crippen LogP contribution is 2.20. The van der Waals surface area contributed by atoms with Gasteiger partial charge in [0.1, 0.15) is 5.76 Å². The number of benzene rings is 1. The Labute approximate surface area is 181 Å². The van der Waals surface area contributed by atoms with E-state index in [-0.39, 0.29) is 16.9 Å². The van der Waals surface area contributed by atoms with Crippen molar-refractivity contribution in [2.75, 3.05) is 36.4 Å². The van der Waals surface area contributed by atoms with Crippen LogP contribution in [0.4, 0.5) is 11.4 Å². The van der Waals surface area contributed by atoms with Crippen LogP contribution in [0.15, 0.2) is 53.2 Å². The third kappa shape index (κ3) is 6.18. The topological polar surface area (TPSA) is 77.8 Å². The number of hydrogen-bond acceptors (Lipinski definition) is 5. The summed E-state index contributed by atoms with van der Waals surface area (Å²) in [5.41, 5.74) is 1.88. The first-order valence-electron chi connectivity index (χ1n) is 10.0. The minimum atomic E-state index is -0.337. The number of rotatable bonds is 6. The summed E-state index contributed by atoms with van der Waals surface area (Å²) < 4.78 is 5.14. The zero-order chi connectivity index (χ0) is 21.3. The van der Waals surface area contributed by atoms with Crippen molar-refractivity contribution in [2.45, 2.75) is 19.8 Å². The van der Waals surface area contributed by atoms with Gasteiger partial charge in [0.05, 0.1) is 6.26 Å². The van der Waals surface area contributed by atoms with Crippen molar-refractivity contribution in [3.05, 3.63) is 54.5 Å². The van der Waals surface area contributed by atoms with E-state index in [9.17, 15) is 9.59 Å². The zero-order valence-corrected chi connectivity index (χ0v) is 17.8. The molecule has 1 aromatic carbocycles. The van der Waals surface area contributed by atoms with Crippen LogP contribution in [0.25, 0.3) is 6.08 Å². The molecule has 2 N–H and O–H groups in total. The van der Waals surface area contributed by atoms with Crippen molar-refractivity contribution in [3.8, 4) is 0 Å². The van der Waals surface area contributed by atoms with Crippen LogP contribution in [-0.4, -0.2) is 48.0 Å². The normalized spacial score (nSPS) is 14.0. The SMILES string of the molecule is CCCC(=O)N1CCN(c2ccc(NC(=S)NC(=O)/C=C/c3ccco3)cc2)CC1. The summed E-state index contributed by atoms with van der Waals surface area (Å²) in [5, 5.41) is 5.82. The molecule has 1 aromatic heterocycles. The van der Waals surface area contributed by atoms with E-state index in [4.69, 9.17) is 16.6 Å². The number of carbonyl (C=O) groups excluding carboxylic acids is 2. The van der Waals surface area contributed by atoms with Crippen LogP contribution in [0.1, 0.15) is 25.5 Å². The highest BCUT2D eigenvalue weighted by Gasteiger charge is 2.20. The summed E-state index contributed by atoms with van der Waals surface area (Å²) in [6, 6.07) is 11.4. The Morgan fingerprint density at radius 2 is 1.87 bits per heavy atom. The molecular formula is C22H26N4O3S. The number of piperazine rings is 1. The summed E-state index contributed by atoms with van der Waals surface area (Å²) in [4.78, 5) is 28.1. The Hall–Kier alpha value is -3.13. The second kappa shape index (κ2) is 10.6. The van der Waals surface area contributed by atoms with E-state index in [2.05, 4.69) is 15.5 Å². The van der Waals surface area contributed by atoms with E-state index < -0.39 is 0 Å². The lowest BCUT2D eigenvalue weighted by atomic mass is 10.2. The van der Waals surface area contributed by atoms with E-state index in [1.54, 1.807) is 24.5 Å². The molecule has 1 saturated heterocycles. The quantitative estimate of drug-likeness (QED) is 0.545. The average molecular weight is 427 g/mol. The molecule has 30 heavy (non-hydrogen) atoms. The van der Waals surface area contributed by atoms with E-state index in [0.29, 0.717) is 12.2 Å². The minimum absolute atomic E-state index is 0.222. The lowest BCUT2D eigenvalue weighted by Crippen LogP contribution is -2.48. The fourth-order valence-corrected chi connectivity index (χ4v) is 3.42. The van der Waals surface area contributed by atoms with Gasteiger partial charge in [0.15, 0.2) is 5.11 Å². The van der Waals surface area contributed by atoms with Crippen molar-refractivity contribution in [1.29, 1.82) is 0 Å². The molecule has 2 aromatic rings. The molecule has 0 atom stereocenters. The van der Waals surface area contributed by atoms with Crippen LogP contribution in [0.5, 0.6) is 0 Å². The van der Waals surface area contributed by atoms with Gasteiger partial charge in [-0.05, 0) is 61.1 Å². The molecule has 2 heterocycles. The van der Waals surface area contributed by atoms with Gasteiger partial charge in [0, 0.05) is 50.1 Å². The van der Waals surface area contributed by atoms with E-state index in [1.807, 2.05) is 36.1 Å². The zero-order valence-electron chi connectivity index (χ0n) is 17.0. The smallest absolute Gasteiger partial charge is 0.250 e. The largest absolute Gasteiger partial charge is 0.465 e.